The molecule has 3 nitrogen and oxygen atoms in total. The number of aromatic hydroxyl groups is 1. The first-order valence-corrected chi connectivity index (χ1v) is 7.23. The summed E-state index contributed by atoms with van der Waals surface area (Å²) in [5.41, 5.74) is 2.21. The maximum atomic E-state index is 12.4. The van der Waals surface area contributed by atoms with Crippen LogP contribution in [0, 0.1) is 5.92 Å². The highest BCUT2D eigenvalue weighted by atomic mass is 16.3. The SMILES string of the molecule is CN1CC(c2ccccc2)C(Cc2cccc(O)c2)C1=O. The maximum Gasteiger partial charge on any atom is 0.226 e. The summed E-state index contributed by atoms with van der Waals surface area (Å²) in [6.45, 7) is 0.756. The van der Waals surface area contributed by atoms with Gasteiger partial charge >= 0.3 is 0 Å². The topological polar surface area (TPSA) is 40.5 Å². The predicted molar refractivity (Wildman–Crippen MR) is 82.1 cm³/mol. The zero-order valence-corrected chi connectivity index (χ0v) is 12.1. The van der Waals surface area contributed by atoms with Gasteiger partial charge in [0.1, 0.15) is 5.75 Å². The third-order valence-corrected chi connectivity index (χ3v) is 4.24. The lowest BCUT2D eigenvalue weighted by Gasteiger charge is -2.17. The second-order valence-corrected chi connectivity index (χ2v) is 5.72. The standard InChI is InChI=1S/C18H19NO2/c1-19-12-17(14-7-3-2-4-8-14)16(18(19)21)11-13-6-5-9-15(20)10-13/h2-10,16-17,20H,11-12H2,1H3. The Morgan fingerprint density at radius 2 is 1.90 bits per heavy atom. The molecule has 0 spiro atoms. The van der Waals surface area contributed by atoms with Gasteiger partial charge in [0.25, 0.3) is 0 Å². The van der Waals surface area contributed by atoms with Crippen molar-refractivity contribution in [2.24, 2.45) is 5.92 Å². The summed E-state index contributed by atoms with van der Waals surface area (Å²) in [5, 5.41) is 9.59. The van der Waals surface area contributed by atoms with Crippen molar-refractivity contribution in [2.45, 2.75) is 12.3 Å². The lowest BCUT2D eigenvalue weighted by molar-refractivity contribution is -0.129. The molecule has 21 heavy (non-hydrogen) atoms. The van der Waals surface area contributed by atoms with Crippen LogP contribution in [-0.2, 0) is 11.2 Å². The Kier molecular flexibility index (Phi) is 3.65. The second-order valence-electron chi connectivity index (χ2n) is 5.72. The number of rotatable bonds is 3. The van der Waals surface area contributed by atoms with Crippen LogP contribution >= 0.6 is 0 Å². The van der Waals surface area contributed by atoms with Gasteiger partial charge in [0.05, 0.1) is 5.92 Å². The molecule has 108 valence electrons. The molecule has 1 fully saturated rings. The number of benzene rings is 2. The summed E-state index contributed by atoms with van der Waals surface area (Å²) in [4.78, 5) is 14.3. The summed E-state index contributed by atoms with van der Waals surface area (Å²) >= 11 is 0. The molecule has 1 amide bonds. The van der Waals surface area contributed by atoms with Gasteiger partial charge in [0.2, 0.25) is 5.91 Å². The minimum absolute atomic E-state index is 0.0563. The van der Waals surface area contributed by atoms with Gasteiger partial charge in [-0.1, -0.05) is 42.5 Å². The van der Waals surface area contributed by atoms with Gasteiger partial charge in [-0.2, -0.15) is 0 Å². The highest BCUT2D eigenvalue weighted by Gasteiger charge is 2.39. The van der Waals surface area contributed by atoms with Gasteiger partial charge in [0.15, 0.2) is 0 Å². The molecule has 0 saturated carbocycles. The molecule has 1 saturated heterocycles. The fourth-order valence-electron chi connectivity index (χ4n) is 3.17. The van der Waals surface area contributed by atoms with Crippen LogP contribution in [0.3, 0.4) is 0 Å². The summed E-state index contributed by atoms with van der Waals surface area (Å²) in [6.07, 6.45) is 0.664. The van der Waals surface area contributed by atoms with E-state index in [-0.39, 0.29) is 23.5 Å². The van der Waals surface area contributed by atoms with Crippen LogP contribution in [0.5, 0.6) is 5.75 Å². The number of phenols is 1. The van der Waals surface area contributed by atoms with E-state index in [0.29, 0.717) is 6.42 Å². The first-order chi connectivity index (χ1) is 10.1. The van der Waals surface area contributed by atoms with Gasteiger partial charge in [-0.15, -0.1) is 0 Å². The van der Waals surface area contributed by atoms with Crippen LogP contribution in [0.4, 0.5) is 0 Å². The van der Waals surface area contributed by atoms with E-state index in [1.807, 2.05) is 42.3 Å². The number of hydrogen-bond donors (Lipinski definition) is 1. The zero-order chi connectivity index (χ0) is 14.8. The molecule has 1 heterocycles. The number of nitrogens with zero attached hydrogens (tertiary/aromatic N) is 1. The molecule has 2 unspecified atom stereocenters. The normalized spacial score (nSPS) is 21.8. The Hall–Kier alpha value is -2.29. The van der Waals surface area contributed by atoms with Gasteiger partial charge < -0.3 is 10.0 Å². The van der Waals surface area contributed by atoms with Crippen molar-refractivity contribution in [3.63, 3.8) is 0 Å². The highest BCUT2D eigenvalue weighted by Crippen LogP contribution is 2.35. The molecule has 1 aliphatic rings. The van der Waals surface area contributed by atoms with E-state index >= 15 is 0 Å². The third-order valence-electron chi connectivity index (χ3n) is 4.24. The Labute approximate surface area is 124 Å². The smallest absolute Gasteiger partial charge is 0.226 e. The second kappa shape index (κ2) is 5.60. The van der Waals surface area contributed by atoms with E-state index in [2.05, 4.69) is 12.1 Å². The van der Waals surface area contributed by atoms with Crippen molar-refractivity contribution in [2.75, 3.05) is 13.6 Å². The van der Waals surface area contributed by atoms with Gasteiger partial charge in [0, 0.05) is 19.5 Å². The number of hydrogen-bond acceptors (Lipinski definition) is 2. The largest absolute Gasteiger partial charge is 0.508 e. The van der Waals surface area contributed by atoms with Crippen LogP contribution in [0.15, 0.2) is 54.6 Å². The van der Waals surface area contributed by atoms with Crippen molar-refractivity contribution in [3.05, 3.63) is 65.7 Å². The quantitative estimate of drug-likeness (QED) is 0.940. The lowest BCUT2D eigenvalue weighted by atomic mass is 9.84. The maximum absolute atomic E-state index is 12.4. The van der Waals surface area contributed by atoms with Crippen molar-refractivity contribution in [1.82, 2.24) is 4.90 Å². The summed E-state index contributed by atoms with van der Waals surface area (Å²) in [7, 11) is 1.86. The Balaban J connectivity index is 1.88. The van der Waals surface area contributed by atoms with Crippen LogP contribution < -0.4 is 0 Å². The first-order valence-electron chi connectivity index (χ1n) is 7.23. The number of carbonyl (C=O) groups is 1. The van der Waals surface area contributed by atoms with Crippen molar-refractivity contribution in [1.29, 1.82) is 0 Å². The number of phenolic OH excluding ortho intramolecular Hbond substituents is 1. The molecule has 3 heteroatoms. The van der Waals surface area contributed by atoms with Crippen LogP contribution in [-0.4, -0.2) is 29.5 Å². The van der Waals surface area contributed by atoms with Crippen molar-refractivity contribution < 1.29 is 9.90 Å². The molecule has 0 bridgehead atoms. The molecular weight excluding hydrogens is 262 g/mol. The average molecular weight is 281 g/mol. The van der Waals surface area contributed by atoms with E-state index in [0.717, 1.165) is 12.1 Å². The molecule has 1 N–H and O–H groups in total. The summed E-state index contributed by atoms with van der Waals surface area (Å²) in [5.74, 6) is 0.597. The first kappa shape index (κ1) is 13.7. The predicted octanol–water partition coefficient (Wildman–Crippen LogP) is 2.81. The minimum Gasteiger partial charge on any atom is -0.508 e. The van der Waals surface area contributed by atoms with E-state index in [4.69, 9.17) is 0 Å². The van der Waals surface area contributed by atoms with E-state index in [9.17, 15) is 9.90 Å². The molecule has 0 radical (unpaired) electrons. The fraction of sp³-hybridized carbons (Fsp3) is 0.278. The fourth-order valence-corrected chi connectivity index (χ4v) is 3.17. The monoisotopic (exact) mass is 281 g/mol. The molecule has 2 aromatic carbocycles. The van der Waals surface area contributed by atoms with Crippen LogP contribution in [0.25, 0.3) is 0 Å². The van der Waals surface area contributed by atoms with E-state index < -0.39 is 0 Å². The van der Waals surface area contributed by atoms with Crippen LogP contribution in [0.2, 0.25) is 0 Å². The van der Waals surface area contributed by atoms with Crippen LogP contribution in [0.1, 0.15) is 17.0 Å². The molecule has 3 rings (SSSR count). The summed E-state index contributed by atoms with van der Waals surface area (Å²) < 4.78 is 0. The number of carbonyl (C=O) groups excluding carboxylic acids is 1. The molecular formula is C18H19NO2. The van der Waals surface area contributed by atoms with E-state index in [1.54, 1.807) is 12.1 Å². The molecule has 0 aliphatic carbocycles. The molecule has 2 aromatic rings. The zero-order valence-electron chi connectivity index (χ0n) is 12.1. The number of amides is 1. The highest BCUT2D eigenvalue weighted by molar-refractivity contribution is 5.82. The molecule has 2 atom stereocenters. The Morgan fingerprint density at radius 3 is 2.62 bits per heavy atom. The Bertz CT molecular complexity index is 639. The van der Waals surface area contributed by atoms with Gasteiger partial charge in [-0.25, -0.2) is 0 Å². The lowest BCUT2D eigenvalue weighted by Crippen LogP contribution is -2.23. The molecule has 1 aliphatic heterocycles. The molecule has 0 aromatic heterocycles. The van der Waals surface area contributed by atoms with Crippen molar-refractivity contribution in [3.8, 4) is 5.75 Å². The summed E-state index contributed by atoms with van der Waals surface area (Å²) in [6, 6.07) is 17.4. The third kappa shape index (κ3) is 2.77. The minimum atomic E-state index is -0.0563. The number of likely N-dealkylation sites (N-methyl/N-ethyl adjacent to an activating group) is 1. The Morgan fingerprint density at radius 1 is 1.14 bits per heavy atom. The van der Waals surface area contributed by atoms with Gasteiger partial charge in [-0.3, -0.25) is 4.79 Å². The van der Waals surface area contributed by atoms with Gasteiger partial charge in [-0.05, 0) is 29.7 Å². The van der Waals surface area contributed by atoms with Crippen molar-refractivity contribution >= 4 is 5.91 Å². The number of likely N-dealkylation sites (tertiary alicyclic amines) is 1. The van der Waals surface area contributed by atoms with E-state index in [1.165, 1.54) is 5.56 Å². The average Bonchev–Trinajstić information content (AvgIpc) is 2.77.